The molecular formula is C15H14N2O2. The molecule has 96 valence electrons. The van der Waals surface area contributed by atoms with E-state index in [1.54, 1.807) is 36.4 Å². The van der Waals surface area contributed by atoms with Crippen molar-refractivity contribution in [1.29, 1.82) is 0 Å². The summed E-state index contributed by atoms with van der Waals surface area (Å²) >= 11 is 0. The summed E-state index contributed by atoms with van der Waals surface area (Å²) in [4.78, 5) is 23.3. The Labute approximate surface area is 111 Å². The fourth-order valence-corrected chi connectivity index (χ4v) is 1.71. The van der Waals surface area contributed by atoms with Crippen LogP contribution in [0.3, 0.4) is 0 Å². The summed E-state index contributed by atoms with van der Waals surface area (Å²) in [6.07, 6.45) is 0. The van der Waals surface area contributed by atoms with E-state index in [1.807, 2.05) is 18.2 Å². The van der Waals surface area contributed by atoms with E-state index in [0.29, 0.717) is 16.9 Å². The molecular weight excluding hydrogens is 240 g/mol. The summed E-state index contributed by atoms with van der Waals surface area (Å²) in [6.45, 7) is 1.47. The van der Waals surface area contributed by atoms with Crippen molar-refractivity contribution < 1.29 is 9.59 Å². The van der Waals surface area contributed by atoms with E-state index in [1.165, 1.54) is 6.92 Å². The second-order valence-electron chi connectivity index (χ2n) is 4.05. The van der Waals surface area contributed by atoms with Gasteiger partial charge in [0.25, 0.3) is 0 Å². The Bertz CT molecular complexity index is 594. The lowest BCUT2D eigenvalue weighted by molar-refractivity contribution is 0.101. The predicted molar refractivity (Wildman–Crippen MR) is 75.5 cm³/mol. The topological polar surface area (TPSA) is 58.2 Å². The lowest BCUT2D eigenvalue weighted by atomic mass is 10.1. The van der Waals surface area contributed by atoms with Gasteiger partial charge in [0.2, 0.25) is 0 Å². The quantitative estimate of drug-likeness (QED) is 0.823. The van der Waals surface area contributed by atoms with E-state index in [-0.39, 0.29) is 11.8 Å². The zero-order chi connectivity index (χ0) is 13.7. The number of hydrogen-bond donors (Lipinski definition) is 2. The summed E-state index contributed by atoms with van der Waals surface area (Å²) in [5, 5.41) is 5.36. The maximum Gasteiger partial charge on any atom is 0.323 e. The van der Waals surface area contributed by atoms with E-state index in [2.05, 4.69) is 10.6 Å². The van der Waals surface area contributed by atoms with E-state index in [4.69, 9.17) is 0 Å². The normalized spacial score (nSPS) is 9.74. The molecule has 0 atom stereocenters. The van der Waals surface area contributed by atoms with E-state index >= 15 is 0 Å². The van der Waals surface area contributed by atoms with Crippen LogP contribution >= 0.6 is 0 Å². The molecule has 0 saturated heterocycles. The highest BCUT2D eigenvalue weighted by Crippen LogP contribution is 2.16. The average Bonchev–Trinajstić information content (AvgIpc) is 2.40. The maximum absolute atomic E-state index is 11.8. The molecule has 0 unspecified atom stereocenters. The smallest absolute Gasteiger partial charge is 0.308 e. The van der Waals surface area contributed by atoms with Crippen molar-refractivity contribution in [3.05, 3.63) is 60.2 Å². The minimum Gasteiger partial charge on any atom is -0.308 e. The molecule has 4 heteroatoms. The van der Waals surface area contributed by atoms with Crippen LogP contribution in [0.2, 0.25) is 0 Å². The Morgan fingerprint density at radius 1 is 0.842 bits per heavy atom. The molecule has 2 aromatic rings. The van der Waals surface area contributed by atoms with Crippen molar-refractivity contribution in [2.75, 3.05) is 10.6 Å². The van der Waals surface area contributed by atoms with Crippen LogP contribution in [-0.4, -0.2) is 11.8 Å². The number of para-hydroxylation sites is 2. The van der Waals surface area contributed by atoms with Crippen LogP contribution in [0.5, 0.6) is 0 Å². The number of benzene rings is 2. The SMILES string of the molecule is CC(=O)c1ccccc1NC(=O)Nc1ccccc1. The van der Waals surface area contributed by atoms with Crippen LogP contribution in [0.4, 0.5) is 16.2 Å². The lowest BCUT2D eigenvalue weighted by Gasteiger charge is -2.10. The van der Waals surface area contributed by atoms with Gasteiger partial charge in [-0.15, -0.1) is 0 Å². The number of amides is 2. The van der Waals surface area contributed by atoms with E-state index < -0.39 is 0 Å². The number of ketones is 1. The average molecular weight is 254 g/mol. The number of hydrogen-bond acceptors (Lipinski definition) is 2. The number of anilines is 2. The van der Waals surface area contributed by atoms with Gasteiger partial charge in [0.05, 0.1) is 5.69 Å². The van der Waals surface area contributed by atoms with Crippen molar-refractivity contribution in [2.24, 2.45) is 0 Å². The highest BCUT2D eigenvalue weighted by Gasteiger charge is 2.09. The predicted octanol–water partition coefficient (Wildman–Crippen LogP) is 3.53. The van der Waals surface area contributed by atoms with Gasteiger partial charge in [-0.25, -0.2) is 4.79 Å². The van der Waals surface area contributed by atoms with Gasteiger partial charge in [0, 0.05) is 11.3 Å². The first-order chi connectivity index (χ1) is 9.16. The van der Waals surface area contributed by atoms with Gasteiger partial charge in [0.1, 0.15) is 0 Å². The molecule has 2 rings (SSSR count). The van der Waals surface area contributed by atoms with Crippen molar-refractivity contribution in [3.63, 3.8) is 0 Å². The summed E-state index contributed by atoms with van der Waals surface area (Å²) in [7, 11) is 0. The number of rotatable bonds is 3. The first kappa shape index (κ1) is 12.8. The lowest BCUT2D eigenvalue weighted by Crippen LogP contribution is -2.20. The van der Waals surface area contributed by atoms with Gasteiger partial charge in [-0.3, -0.25) is 4.79 Å². The largest absolute Gasteiger partial charge is 0.323 e. The van der Waals surface area contributed by atoms with Crippen LogP contribution in [0.15, 0.2) is 54.6 Å². The molecule has 0 aliphatic heterocycles. The number of carbonyl (C=O) groups is 2. The number of Topliss-reactive ketones (excluding diaryl/α,β-unsaturated/α-hetero) is 1. The van der Waals surface area contributed by atoms with Crippen molar-refractivity contribution in [3.8, 4) is 0 Å². The Kier molecular flexibility index (Phi) is 3.93. The molecule has 2 aromatic carbocycles. The van der Waals surface area contributed by atoms with Crippen molar-refractivity contribution in [1.82, 2.24) is 0 Å². The molecule has 0 aromatic heterocycles. The molecule has 0 bridgehead atoms. The third-order valence-corrected chi connectivity index (χ3v) is 2.59. The summed E-state index contributed by atoms with van der Waals surface area (Å²) in [5.41, 5.74) is 1.69. The van der Waals surface area contributed by atoms with E-state index in [9.17, 15) is 9.59 Å². The van der Waals surface area contributed by atoms with Crippen LogP contribution in [-0.2, 0) is 0 Å². The minimum absolute atomic E-state index is 0.0874. The van der Waals surface area contributed by atoms with Crippen LogP contribution in [0.1, 0.15) is 17.3 Å². The van der Waals surface area contributed by atoms with Gasteiger partial charge in [-0.05, 0) is 31.2 Å². The van der Waals surface area contributed by atoms with E-state index in [0.717, 1.165) is 0 Å². The third kappa shape index (κ3) is 3.42. The first-order valence-corrected chi connectivity index (χ1v) is 5.90. The fraction of sp³-hybridized carbons (Fsp3) is 0.0667. The monoisotopic (exact) mass is 254 g/mol. The van der Waals surface area contributed by atoms with Crippen molar-refractivity contribution >= 4 is 23.2 Å². The Hall–Kier alpha value is -2.62. The Balaban J connectivity index is 2.09. The molecule has 0 aliphatic rings. The molecule has 2 amide bonds. The molecule has 0 fully saturated rings. The van der Waals surface area contributed by atoms with Gasteiger partial charge in [-0.1, -0.05) is 30.3 Å². The fourth-order valence-electron chi connectivity index (χ4n) is 1.71. The second-order valence-corrected chi connectivity index (χ2v) is 4.05. The second kappa shape index (κ2) is 5.82. The van der Waals surface area contributed by atoms with Crippen LogP contribution < -0.4 is 10.6 Å². The molecule has 2 N–H and O–H groups in total. The number of carbonyl (C=O) groups excluding carboxylic acids is 2. The minimum atomic E-state index is -0.375. The van der Waals surface area contributed by atoms with Crippen LogP contribution in [0, 0.1) is 0 Å². The maximum atomic E-state index is 11.8. The van der Waals surface area contributed by atoms with Gasteiger partial charge in [-0.2, -0.15) is 0 Å². The van der Waals surface area contributed by atoms with Gasteiger partial charge < -0.3 is 10.6 Å². The number of urea groups is 1. The highest BCUT2D eigenvalue weighted by molar-refractivity contribution is 6.06. The Morgan fingerprint density at radius 2 is 1.47 bits per heavy atom. The van der Waals surface area contributed by atoms with Crippen molar-refractivity contribution in [2.45, 2.75) is 6.92 Å². The summed E-state index contributed by atoms with van der Waals surface area (Å²) in [6, 6.07) is 15.6. The van der Waals surface area contributed by atoms with Gasteiger partial charge >= 0.3 is 6.03 Å². The third-order valence-electron chi connectivity index (χ3n) is 2.59. The molecule has 0 spiro atoms. The molecule has 0 radical (unpaired) electrons. The first-order valence-electron chi connectivity index (χ1n) is 5.90. The molecule has 0 aliphatic carbocycles. The zero-order valence-electron chi connectivity index (χ0n) is 10.5. The van der Waals surface area contributed by atoms with Crippen LogP contribution in [0.25, 0.3) is 0 Å². The molecule has 4 nitrogen and oxygen atoms in total. The zero-order valence-corrected chi connectivity index (χ0v) is 10.5. The molecule has 0 heterocycles. The Morgan fingerprint density at radius 3 is 2.16 bits per heavy atom. The summed E-state index contributed by atoms with van der Waals surface area (Å²) in [5.74, 6) is -0.0874. The molecule has 0 saturated carbocycles. The van der Waals surface area contributed by atoms with Gasteiger partial charge in [0.15, 0.2) is 5.78 Å². The summed E-state index contributed by atoms with van der Waals surface area (Å²) < 4.78 is 0. The molecule has 19 heavy (non-hydrogen) atoms. The number of nitrogens with one attached hydrogen (secondary N) is 2. The standard InChI is InChI=1S/C15H14N2O2/c1-11(18)13-9-5-6-10-14(13)17-15(19)16-12-7-3-2-4-8-12/h2-10H,1H3,(H2,16,17,19). The highest BCUT2D eigenvalue weighted by atomic mass is 16.2.